The lowest BCUT2D eigenvalue weighted by Crippen LogP contribution is -1.93. The predicted octanol–water partition coefficient (Wildman–Crippen LogP) is 5.06. The molecule has 0 saturated carbocycles. The minimum atomic E-state index is 0.414. The van der Waals surface area contributed by atoms with E-state index in [0.29, 0.717) is 15.9 Å². The van der Waals surface area contributed by atoms with Crippen LogP contribution in [0.25, 0.3) is 0 Å². The number of hydrogen-bond acceptors (Lipinski definition) is 0. The first-order chi connectivity index (χ1) is 6.11. The molecule has 0 N–H and O–H groups in total. The number of rotatable bonds is 2. The molecule has 0 atom stereocenters. The number of benzene rings is 1. The quantitative estimate of drug-likeness (QED) is 0.529. The average Bonchev–Trinajstić information content (AvgIpc) is 2.10. The summed E-state index contributed by atoms with van der Waals surface area (Å²) in [4.78, 5) is 0. The summed E-state index contributed by atoms with van der Waals surface area (Å²) in [5.74, 6) is 0.414. The van der Waals surface area contributed by atoms with Crippen LogP contribution in [0.1, 0.15) is 18.1 Å². The van der Waals surface area contributed by atoms with Gasteiger partial charge < -0.3 is 0 Å². The lowest BCUT2D eigenvalue weighted by molar-refractivity contribution is 1.09. The van der Waals surface area contributed by atoms with Crippen LogP contribution in [0.2, 0.25) is 10.0 Å². The van der Waals surface area contributed by atoms with E-state index in [9.17, 15) is 0 Å². The Kier molecular flexibility index (Phi) is 4.37. The fourth-order valence-corrected chi connectivity index (χ4v) is 2.77. The van der Waals surface area contributed by atoms with Gasteiger partial charge >= 0.3 is 0 Å². The molecule has 72 valence electrons. The number of halogens is 4. The SMILES string of the molecule is CCc1c(Br)c(Cl)cc(Cl)c1CCl. The topological polar surface area (TPSA) is 0 Å². The van der Waals surface area contributed by atoms with E-state index in [1.54, 1.807) is 6.07 Å². The minimum absolute atomic E-state index is 0.414. The monoisotopic (exact) mass is 300 g/mol. The van der Waals surface area contributed by atoms with Crippen molar-refractivity contribution >= 4 is 50.7 Å². The van der Waals surface area contributed by atoms with Gasteiger partial charge in [0.1, 0.15) is 0 Å². The summed E-state index contributed by atoms with van der Waals surface area (Å²) < 4.78 is 0.900. The molecule has 0 fully saturated rings. The van der Waals surface area contributed by atoms with E-state index in [2.05, 4.69) is 15.9 Å². The summed E-state index contributed by atoms with van der Waals surface area (Å²) in [6, 6.07) is 1.71. The Labute approximate surface area is 101 Å². The molecule has 0 aliphatic heterocycles. The molecule has 0 radical (unpaired) electrons. The van der Waals surface area contributed by atoms with E-state index in [0.717, 1.165) is 22.0 Å². The Morgan fingerprint density at radius 1 is 1.23 bits per heavy atom. The van der Waals surface area contributed by atoms with E-state index in [4.69, 9.17) is 34.8 Å². The zero-order valence-electron chi connectivity index (χ0n) is 7.00. The molecule has 0 spiro atoms. The largest absolute Gasteiger partial charge is 0.121 e. The lowest BCUT2D eigenvalue weighted by atomic mass is 10.1. The third-order valence-corrected chi connectivity index (χ3v) is 3.90. The second-order valence-electron chi connectivity index (χ2n) is 2.60. The first kappa shape index (κ1) is 11.6. The highest BCUT2D eigenvalue weighted by molar-refractivity contribution is 9.10. The van der Waals surface area contributed by atoms with Gasteiger partial charge in [0.15, 0.2) is 0 Å². The van der Waals surface area contributed by atoms with Gasteiger partial charge in [-0.2, -0.15) is 0 Å². The van der Waals surface area contributed by atoms with Gasteiger partial charge in [0.2, 0.25) is 0 Å². The Hall–Kier alpha value is 0.570. The van der Waals surface area contributed by atoms with Crippen LogP contribution in [-0.2, 0) is 12.3 Å². The number of hydrogen-bond donors (Lipinski definition) is 0. The highest BCUT2D eigenvalue weighted by Crippen LogP contribution is 2.35. The van der Waals surface area contributed by atoms with Crippen molar-refractivity contribution in [1.82, 2.24) is 0 Å². The number of alkyl halides is 1. The maximum Gasteiger partial charge on any atom is 0.0565 e. The Balaban J connectivity index is 3.41. The van der Waals surface area contributed by atoms with E-state index in [-0.39, 0.29) is 0 Å². The van der Waals surface area contributed by atoms with Gasteiger partial charge in [0.05, 0.1) is 5.02 Å². The highest BCUT2D eigenvalue weighted by atomic mass is 79.9. The van der Waals surface area contributed by atoms with E-state index in [1.165, 1.54) is 0 Å². The van der Waals surface area contributed by atoms with Gasteiger partial charge in [-0.25, -0.2) is 0 Å². The normalized spacial score (nSPS) is 10.5. The molecule has 1 aromatic carbocycles. The maximum absolute atomic E-state index is 6.00. The zero-order chi connectivity index (χ0) is 10.0. The molecule has 0 aliphatic rings. The molecular weight excluding hydrogens is 294 g/mol. The Bertz CT molecular complexity index is 323. The molecule has 1 aromatic rings. The smallest absolute Gasteiger partial charge is 0.0565 e. The van der Waals surface area contributed by atoms with Gasteiger partial charge in [-0.1, -0.05) is 30.1 Å². The standard InChI is InChI=1S/C9H8BrCl3/c1-2-5-6(4-11)7(12)3-8(13)9(5)10/h3H,2,4H2,1H3. The highest BCUT2D eigenvalue weighted by Gasteiger charge is 2.12. The predicted molar refractivity (Wildman–Crippen MR) is 63.1 cm³/mol. The van der Waals surface area contributed by atoms with Gasteiger partial charge in [0.25, 0.3) is 0 Å². The molecule has 0 saturated heterocycles. The van der Waals surface area contributed by atoms with Gasteiger partial charge in [-0.15, -0.1) is 11.6 Å². The summed E-state index contributed by atoms with van der Waals surface area (Å²) in [5.41, 5.74) is 2.05. The van der Waals surface area contributed by atoms with Crippen molar-refractivity contribution in [3.05, 3.63) is 31.7 Å². The summed E-state index contributed by atoms with van der Waals surface area (Å²) >= 11 is 21.2. The average molecular weight is 302 g/mol. The molecule has 4 heteroatoms. The van der Waals surface area contributed by atoms with Crippen LogP contribution in [0.15, 0.2) is 10.5 Å². The fraction of sp³-hybridized carbons (Fsp3) is 0.333. The van der Waals surface area contributed by atoms with Crippen LogP contribution in [0.3, 0.4) is 0 Å². The van der Waals surface area contributed by atoms with Crippen molar-refractivity contribution in [3.63, 3.8) is 0 Å². The second-order valence-corrected chi connectivity index (χ2v) is 4.47. The van der Waals surface area contributed by atoms with Crippen molar-refractivity contribution in [2.24, 2.45) is 0 Å². The van der Waals surface area contributed by atoms with Crippen LogP contribution < -0.4 is 0 Å². The molecule has 0 heterocycles. The van der Waals surface area contributed by atoms with E-state index < -0.39 is 0 Å². The Morgan fingerprint density at radius 3 is 2.31 bits per heavy atom. The maximum atomic E-state index is 6.00. The molecule has 0 aromatic heterocycles. The third-order valence-electron chi connectivity index (χ3n) is 1.87. The van der Waals surface area contributed by atoms with Crippen molar-refractivity contribution in [1.29, 1.82) is 0 Å². The van der Waals surface area contributed by atoms with Crippen LogP contribution in [0.5, 0.6) is 0 Å². The van der Waals surface area contributed by atoms with Crippen LogP contribution in [-0.4, -0.2) is 0 Å². The summed E-state index contributed by atoms with van der Waals surface area (Å²) in [5, 5.41) is 1.27. The van der Waals surface area contributed by atoms with E-state index in [1.807, 2.05) is 6.92 Å². The molecule has 0 aliphatic carbocycles. The molecule has 13 heavy (non-hydrogen) atoms. The fourth-order valence-electron chi connectivity index (χ4n) is 1.20. The van der Waals surface area contributed by atoms with Gasteiger partial charge in [-0.3, -0.25) is 0 Å². The lowest BCUT2D eigenvalue weighted by Gasteiger charge is -2.11. The molecule has 0 unspecified atom stereocenters. The molecule has 0 nitrogen and oxygen atoms in total. The van der Waals surface area contributed by atoms with Crippen molar-refractivity contribution < 1.29 is 0 Å². The van der Waals surface area contributed by atoms with Crippen molar-refractivity contribution in [3.8, 4) is 0 Å². The summed E-state index contributed by atoms with van der Waals surface area (Å²) in [6.45, 7) is 2.04. The zero-order valence-corrected chi connectivity index (χ0v) is 10.9. The summed E-state index contributed by atoms with van der Waals surface area (Å²) in [6.07, 6.45) is 0.864. The van der Waals surface area contributed by atoms with Crippen molar-refractivity contribution in [2.45, 2.75) is 19.2 Å². The van der Waals surface area contributed by atoms with Gasteiger partial charge in [0, 0.05) is 15.4 Å². The molecule has 0 amide bonds. The first-order valence-electron chi connectivity index (χ1n) is 3.83. The second kappa shape index (κ2) is 4.88. The molecule has 1 rings (SSSR count). The van der Waals surface area contributed by atoms with Crippen LogP contribution >= 0.6 is 50.7 Å². The van der Waals surface area contributed by atoms with E-state index >= 15 is 0 Å². The van der Waals surface area contributed by atoms with Crippen LogP contribution in [0, 0.1) is 0 Å². The molecule has 0 bridgehead atoms. The minimum Gasteiger partial charge on any atom is -0.121 e. The van der Waals surface area contributed by atoms with Gasteiger partial charge in [-0.05, 0) is 39.5 Å². The third kappa shape index (κ3) is 2.33. The summed E-state index contributed by atoms with van der Waals surface area (Å²) in [7, 11) is 0. The molecular formula is C9H8BrCl3. The van der Waals surface area contributed by atoms with Crippen LogP contribution in [0.4, 0.5) is 0 Å². The Morgan fingerprint density at radius 2 is 1.85 bits per heavy atom. The first-order valence-corrected chi connectivity index (χ1v) is 5.91. The van der Waals surface area contributed by atoms with Crippen molar-refractivity contribution in [2.75, 3.05) is 0 Å².